The van der Waals surface area contributed by atoms with E-state index in [1.165, 1.54) is 17.4 Å². The Hall–Kier alpha value is -4.42. The fourth-order valence-electron chi connectivity index (χ4n) is 5.93. The van der Waals surface area contributed by atoms with E-state index in [1.807, 2.05) is 12.1 Å². The molecule has 3 aromatic rings. The molecule has 0 saturated heterocycles. The molecule has 1 aliphatic carbocycles. The summed E-state index contributed by atoms with van der Waals surface area (Å²) in [6.45, 7) is 4.17. The number of amides is 2. The highest BCUT2D eigenvalue weighted by Crippen LogP contribution is 2.41. The number of alkyl halides is 3. The Balaban J connectivity index is 1.40. The third kappa shape index (κ3) is 4.58. The van der Waals surface area contributed by atoms with Crippen molar-refractivity contribution in [3.8, 4) is 11.4 Å². The van der Waals surface area contributed by atoms with Crippen LogP contribution in [0.3, 0.4) is 0 Å². The van der Waals surface area contributed by atoms with Gasteiger partial charge < -0.3 is 20.6 Å². The van der Waals surface area contributed by atoms with Gasteiger partial charge in [0.05, 0.1) is 17.4 Å². The SMILES string of the molecule is C=CC(=O)N1CCc2nn(-c3ccc(C4CCC4)cc3O)c3c2C(C1)N(C(=O)c1ncc(C(F)(F)F)c(N)n1)CC3. The van der Waals surface area contributed by atoms with E-state index in [-0.39, 0.29) is 24.7 Å². The number of anilines is 1. The van der Waals surface area contributed by atoms with Gasteiger partial charge in [0.15, 0.2) is 0 Å². The van der Waals surface area contributed by atoms with Crippen LogP contribution in [0.5, 0.6) is 5.75 Å². The molecule has 2 amide bonds. The maximum atomic E-state index is 13.6. The zero-order chi connectivity index (χ0) is 29.1. The topological polar surface area (TPSA) is 130 Å². The van der Waals surface area contributed by atoms with E-state index in [2.05, 4.69) is 16.5 Å². The molecule has 214 valence electrons. The maximum Gasteiger partial charge on any atom is 0.421 e. The van der Waals surface area contributed by atoms with E-state index in [9.17, 15) is 27.9 Å². The average molecular weight is 568 g/mol. The van der Waals surface area contributed by atoms with Gasteiger partial charge in [-0.2, -0.15) is 18.3 Å². The lowest BCUT2D eigenvalue weighted by molar-refractivity contribution is -0.137. The summed E-state index contributed by atoms with van der Waals surface area (Å²) in [5, 5.41) is 15.8. The highest BCUT2D eigenvalue weighted by molar-refractivity contribution is 5.92. The second-order valence-corrected chi connectivity index (χ2v) is 10.6. The fourth-order valence-corrected chi connectivity index (χ4v) is 5.93. The van der Waals surface area contributed by atoms with Gasteiger partial charge in [-0.1, -0.05) is 19.1 Å². The number of aromatic hydroxyl groups is 1. The molecule has 10 nitrogen and oxygen atoms in total. The van der Waals surface area contributed by atoms with Crippen LogP contribution in [0.25, 0.3) is 5.69 Å². The normalized spacial score (nSPS) is 18.9. The first-order valence-electron chi connectivity index (χ1n) is 13.4. The van der Waals surface area contributed by atoms with Gasteiger partial charge in [0.2, 0.25) is 11.7 Å². The summed E-state index contributed by atoms with van der Waals surface area (Å²) in [5.74, 6) is -1.78. The zero-order valence-electron chi connectivity index (χ0n) is 22.1. The minimum atomic E-state index is -4.76. The molecule has 0 radical (unpaired) electrons. The molecule has 3 N–H and O–H groups in total. The molecule has 1 unspecified atom stereocenters. The van der Waals surface area contributed by atoms with Crippen molar-refractivity contribution in [2.75, 3.05) is 25.4 Å². The number of aromatic nitrogens is 4. The lowest BCUT2D eigenvalue weighted by Crippen LogP contribution is -2.46. The number of carbonyl (C=O) groups excluding carboxylic acids is 2. The van der Waals surface area contributed by atoms with Crippen LogP contribution in [0.15, 0.2) is 37.1 Å². The number of nitrogens with two attached hydrogens (primary N) is 1. The summed E-state index contributed by atoms with van der Waals surface area (Å²) >= 11 is 0. The van der Waals surface area contributed by atoms with Crippen LogP contribution >= 0.6 is 0 Å². The first-order chi connectivity index (χ1) is 19.6. The molecule has 2 aromatic heterocycles. The minimum Gasteiger partial charge on any atom is -0.506 e. The number of phenolic OH excluding ortho intramolecular Hbond substituents is 1. The van der Waals surface area contributed by atoms with Crippen LogP contribution in [0.2, 0.25) is 0 Å². The number of benzene rings is 1. The number of hydrogen-bond donors (Lipinski definition) is 2. The maximum absolute atomic E-state index is 13.6. The average Bonchev–Trinajstić information content (AvgIpc) is 3.15. The highest BCUT2D eigenvalue weighted by atomic mass is 19.4. The van der Waals surface area contributed by atoms with Crippen molar-refractivity contribution in [1.29, 1.82) is 0 Å². The van der Waals surface area contributed by atoms with Gasteiger partial charge in [0.1, 0.15) is 22.8 Å². The second-order valence-electron chi connectivity index (χ2n) is 10.6. The Labute approximate surface area is 233 Å². The van der Waals surface area contributed by atoms with Crippen LogP contribution in [-0.4, -0.2) is 66.1 Å². The summed E-state index contributed by atoms with van der Waals surface area (Å²) in [4.78, 5) is 36.6. The van der Waals surface area contributed by atoms with Crippen molar-refractivity contribution in [2.45, 2.75) is 50.2 Å². The Morgan fingerprint density at radius 1 is 1.17 bits per heavy atom. The van der Waals surface area contributed by atoms with Crippen molar-refractivity contribution in [3.05, 3.63) is 71.0 Å². The number of phenols is 1. The third-order valence-electron chi connectivity index (χ3n) is 8.28. The van der Waals surface area contributed by atoms with Crippen LogP contribution in [0.4, 0.5) is 19.0 Å². The number of nitrogen functional groups attached to an aromatic ring is 1. The van der Waals surface area contributed by atoms with E-state index in [0.717, 1.165) is 29.7 Å². The summed E-state index contributed by atoms with van der Waals surface area (Å²) in [6, 6.07) is 4.96. The minimum absolute atomic E-state index is 0.107. The summed E-state index contributed by atoms with van der Waals surface area (Å²) in [7, 11) is 0. The fraction of sp³-hybridized carbons (Fsp3) is 0.393. The van der Waals surface area contributed by atoms with Crippen molar-refractivity contribution in [3.63, 3.8) is 0 Å². The molecule has 0 spiro atoms. The molecular weight excluding hydrogens is 539 g/mol. The number of nitrogens with zero attached hydrogens (tertiary/aromatic N) is 6. The Morgan fingerprint density at radius 3 is 2.59 bits per heavy atom. The van der Waals surface area contributed by atoms with E-state index < -0.39 is 35.3 Å². The largest absolute Gasteiger partial charge is 0.506 e. The standard InChI is InChI=1S/C28H28F3N7O3/c1-2-23(40)36-10-8-18-24-20(38(35-18)19-7-6-16(12-22(19)39)15-4-3-5-15)9-11-37(21(24)14-36)27(41)26-33-13-17(25(32)34-26)28(29,30)31/h2,6-7,12-13,15,21,39H,1,3-5,8-11,14H2,(H2,32,33,34). The van der Waals surface area contributed by atoms with Crippen LogP contribution < -0.4 is 5.73 Å². The predicted octanol–water partition coefficient (Wildman–Crippen LogP) is 3.55. The number of hydrogen-bond acceptors (Lipinski definition) is 7. The summed E-state index contributed by atoms with van der Waals surface area (Å²) < 4.78 is 41.3. The van der Waals surface area contributed by atoms with Crippen LogP contribution in [0.1, 0.15) is 69.9 Å². The van der Waals surface area contributed by atoms with Crippen LogP contribution in [-0.2, 0) is 23.8 Å². The van der Waals surface area contributed by atoms with Gasteiger partial charge in [0.25, 0.3) is 5.91 Å². The van der Waals surface area contributed by atoms with Gasteiger partial charge in [-0.05, 0) is 42.5 Å². The predicted molar refractivity (Wildman–Crippen MR) is 141 cm³/mol. The van der Waals surface area contributed by atoms with Crippen molar-refractivity contribution >= 4 is 17.6 Å². The van der Waals surface area contributed by atoms with Crippen molar-refractivity contribution in [1.82, 2.24) is 29.5 Å². The Kier molecular flexibility index (Phi) is 6.46. The molecule has 4 heterocycles. The van der Waals surface area contributed by atoms with Gasteiger partial charge in [-0.25, -0.2) is 14.6 Å². The molecule has 1 atom stereocenters. The van der Waals surface area contributed by atoms with E-state index in [4.69, 9.17) is 10.8 Å². The molecule has 41 heavy (non-hydrogen) atoms. The van der Waals surface area contributed by atoms with Gasteiger partial charge >= 0.3 is 6.18 Å². The molecule has 3 aliphatic rings. The lowest BCUT2D eigenvalue weighted by atomic mass is 9.80. The van der Waals surface area contributed by atoms with E-state index >= 15 is 0 Å². The summed E-state index contributed by atoms with van der Waals surface area (Å²) in [5.41, 5.74) is 8.12. The Bertz CT molecular complexity index is 1560. The van der Waals surface area contributed by atoms with E-state index in [1.54, 1.807) is 15.6 Å². The molecular formula is C28H28F3N7O3. The molecule has 13 heteroatoms. The molecule has 0 bridgehead atoms. The van der Waals surface area contributed by atoms with Crippen molar-refractivity contribution in [2.24, 2.45) is 0 Å². The van der Waals surface area contributed by atoms with Crippen LogP contribution in [0, 0.1) is 0 Å². The molecule has 1 saturated carbocycles. The second kappa shape index (κ2) is 9.89. The molecule has 1 aromatic carbocycles. The Morgan fingerprint density at radius 2 is 1.95 bits per heavy atom. The molecule has 1 fully saturated rings. The van der Waals surface area contributed by atoms with Gasteiger partial charge in [-0.15, -0.1) is 0 Å². The smallest absolute Gasteiger partial charge is 0.421 e. The first kappa shape index (κ1) is 26.8. The first-order valence-corrected chi connectivity index (χ1v) is 13.4. The van der Waals surface area contributed by atoms with Gasteiger partial charge in [0, 0.05) is 44.2 Å². The number of halogens is 3. The zero-order valence-corrected chi connectivity index (χ0v) is 22.1. The third-order valence-corrected chi connectivity index (χ3v) is 8.28. The number of rotatable bonds is 4. The van der Waals surface area contributed by atoms with Crippen molar-refractivity contribution < 1.29 is 27.9 Å². The number of carbonyl (C=O) groups is 2. The highest BCUT2D eigenvalue weighted by Gasteiger charge is 2.42. The lowest BCUT2D eigenvalue weighted by Gasteiger charge is -2.37. The molecule has 6 rings (SSSR count). The monoisotopic (exact) mass is 567 g/mol. The van der Waals surface area contributed by atoms with E-state index in [0.29, 0.717) is 42.9 Å². The van der Waals surface area contributed by atoms with Gasteiger partial charge in [-0.3, -0.25) is 9.59 Å². The quantitative estimate of drug-likeness (QED) is 0.461. The summed E-state index contributed by atoms with van der Waals surface area (Å²) in [6.07, 6.45) is 1.06. The molecule has 2 aliphatic heterocycles.